The van der Waals surface area contributed by atoms with Crippen LogP contribution in [0.1, 0.15) is 42.6 Å². The number of halogens is 1. The Morgan fingerprint density at radius 1 is 1.30 bits per heavy atom. The Bertz CT molecular complexity index is 668. The van der Waals surface area contributed by atoms with Gasteiger partial charge in [-0.15, -0.1) is 5.10 Å². The van der Waals surface area contributed by atoms with Crippen LogP contribution in [0.2, 0.25) is 0 Å². The van der Waals surface area contributed by atoms with E-state index in [1.54, 1.807) is 18.2 Å². The number of amides is 1. The topological polar surface area (TPSA) is 71.8 Å². The summed E-state index contributed by atoms with van der Waals surface area (Å²) >= 11 is 0. The smallest absolute Gasteiger partial charge is 0.290 e. The molecular formula is C16H22FN5O. The van der Waals surface area contributed by atoms with Gasteiger partial charge < -0.3 is 10.6 Å². The SMILES string of the molecule is CNCCCNC(=O)c1nc(C(C)C)n(-c2ccccc2F)n1. The van der Waals surface area contributed by atoms with Gasteiger partial charge in [-0.3, -0.25) is 4.79 Å². The van der Waals surface area contributed by atoms with E-state index in [0.29, 0.717) is 12.4 Å². The second-order valence-corrected chi connectivity index (χ2v) is 5.52. The summed E-state index contributed by atoms with van der Waals surface area (Å²) in [5.74, 6) is -0.136. The van der Waals surface area contributed by atoms with E-state index in [0.717, 1.165) is 13.0 Å². The highest BCUT2D eigenvalue weighted by Gasteiger charge is 2.20. The summed E-state index contributed by atoms with van der Waals surface area (Å²) in [6, 6.07) is 6.31. The molecule has 0 fully saturated rings. The minimum absolute atomic E-state index is 0.00736. The van der Waals surface area contributed by atoms with E-state index in [1.165, 1.54) is 10.7 Å². The molecule has 2 N–H and O–H groups in total. The summed E-state index contributed by atoms with van der Waals surface area (Å²) in [6.07, 6.45) is 0.813. The molecule has 23 heavy (non-hydrogen) atoms. The maximum absolute atomic E-state index is 14.0. The number of nitrogens with zero attached hydrogens (tertiary/aromatic N) is 3. The summed E-state index contributed by atoms with van der Waals surface area (Å²) in [7, 11) is 1.86. The van der Waals surface area contributed by atoms with Gasteiger partial charge in [-0.25, -0.2) is 14.1 Å². The van der Waals surface area contributed by atoms with Crippen molar-refractivity contribution in [2.24, 2.45) is 0 Å². The molecule has 0 saturated heterocycles. The summed E-state index contributed by atoms with van der Waals surface area (Å²) in [5, 5.41) is 9.98. The number of hydrogen-bond donors (Lipinski definition) is 2. The Balaban J connectivity index is 2.25. The second kappa shape index (κ2) is 7.82. The zero-order valence-electron chi connectivity index (χ0n) is 13.6. The predicted octanol–water partition coefficient (Wildman–Crippen LogP) is 1.87. The fourth-order valence-electron chi connectivity index (χ4n) is 2.14. The Hall–Kier alpha value is -2.28. The van der Waals surface area contributed by atoms with Crippen LogP contribution in [0.4, 0.5) is 4.39 Å². The molecule has 0 atom stereocenters. The van der Waals surface area contributed by atoms with Crippen LogP contribution in [-0.2, 0) is 0 Å². The first-order valence-electron chi connectivity index (χ1n) is 7.69. The Kier molecular flexibility index (Phi) is 5.81. The van der Waals surface area contributed by atoms with Crippen LogP contribution in [0, 0.1) is 5.82 Å². The van der Waals surface area contributed by atoms with Crippen molar-refractivity contribution in [1.82, 2.24) is 25.4 Å². The summed E-state index contributed by atoms with van der Waals surface area (Å²) in [4.78, 5) is 16.4. The molecule has 1 aromatic carbocycles. The first kappa shape index (κ1) is 17.1. The molecular weight excluding hydrogens is 297 g/mol. The third kappa shape index (κ3) is 4.13. The highest BCUT2D eigenvalue weighted by molar-refractivity contribution is 5.90. The average Bonchev–Trinajstić information content (AvgIpc) is 2.97. The second-order valence-electron chi connectivity index (χ2n) is 5.52. The van der Waals surface area contributed by atoms with Gasteiger partial charge in [-0.2, -0.15) is 0 Å². The van der Waals surface area contributed by atoms with Crippen LogP contribution in [0.25, 0.3) is 5.69 Å². The fraction of sp³-hybridized carbons (Fsp3) is 0.438. The van der Waals surface area contributed by atoms with Gasteiger partial charge in [-0.05, 0) is 32.1 Å². The monoisotopic (exact) mass is 319 g/mol. The predicted molar refractivity (Wildman–Crippen MR) is 86.3 cm³/mol. The molecule has 1 amide bonds. The van der Waals surface area contributed by atoms with Gasteiger partial charge in [0.1, 0.15) is 17.3 Å². The Labute approximate surface area is 135 Å². The minimum atomic E-state index is -0.403. The molecule has 0 radical (unpaired) electrons. The van der Waals surface area contributed by atoms with Crippen molar-refractivity contribution in [2.45, 2.75) is 26.2 Å². The maximum atomic E-state index is 14.0. The fourth-order valence-corrected chi connectivity index (χ4v) is 2.14. The van der Waals surface area contributed by atoms with Crippen molar-refractivity contribution in [1.29, 1.82) is 0 Å². The number of carbonyl (C=O) groups is 1. The van der Waals surface area contributed by atoms with Crippen LogP contribution in [-0.4, -0.2) is 40.8 Å². The molecule has 0 aliphatic carbocycles. The highest BCUT2D eigenvalue weighted by atomic mass is 19.1. The van der Waals surface area contributed by atoms with Crippen molar-refractivity contribution in [3.63, 3.8) is 0 Å². The molecule has 0 spiro atoms. The van der Waals surface area contributed by atoms with Gasteiger partial charge in [-0.1, -0.05) is 26.0 Å². The lowest BCUT2D eigenvalue weighted by molar-refractivity contribution is 0.0943. The number of carbonyl (C=O) groups excluding carboxylic acids is 1. The summed E-state index contributed by atoms with van der Waals surface area (Å²) in [5.41, 5.74) is 0.290. The average molecular weight is 319 g/mol. The third-order valence-electron chi connectivity index (χ3n) is 3.32. The minimum Gasteiger partial charge on any atom is -0.349 e. The Morgan fingerprint density at radius 2 is 2.04 bits per heavy atom. The van der Waals surface area contributed by atoms with E-state index in [-0.39, 0.29) is 23.3 Å². The van der Waals surface area contributed by atoms with E-state index in [9.17, 15) is 9.18 Å². The molecule has 2 aromatic rings. The van der Waals surface area contributed by atoms with Crippen molar-refractivity contribution in [3.8, 4) is 5.69 Å². The lowest BCUT2D eigenvalue weighted by Crippen LogP contribution is -2.27. The molecule has 0 saturated carbocycles. The van der Waals surface area contributed by atoms with Crippen LogP contribution >= 0.6 is 0 Å². The number of aromatic nitrogens is 3. The van der Waals surface area contributed by atoms with Crippen molar-refractivity contribution < 1.29 is 9.18 Å². The van der Waals surface area contributed by atoms with E-state index < -0.39 is 5.82 Å². The largest absolute Gasteiger partial charge is 0.349 e. The van der Waals surface area contributed by atoms with Crippen LogP contribution in [0.3, 0.4) is 0 Å². The maximum Gasteiger partial charge on any atom is 0.290 e. The lowest BCUT2D eigenvalue weighted by atomic mass is 10.2. The van der Waals surface area contributed by atoms with Gasteiger partial charge in [0, 0.05) is 12.5 Å². The third-order valence-corrected chi connectivity index (χ3v) is 3.32. The standard InChI is InChI=1S/C16H22FN5O/c1-11(2)15-20-14(16(23)19-10-6-9-18-3)21-22(15)13-8-5-4-7-12(13)17/h4-5,7-8,11,18H,6,9-10H2,1-3H3,(H,19,23). The van der Waals surface area contributed by atoms with Gasteiger partial charge in [0.15, 0.2) is 0 Å². The normalized spacial score (nSPS) is 11.0. The van der Waals surface area contributed by atoms with E-state index in [4.69, 9.17) is 0 Å². The van der Waals surface area contributed by atoms with E-state index >= 15 is 0 Å². The molecule has 0 aliphatic rings. The van der Waals surface area contributed by atoms with Gasteiger partial charge in [0.25, 0.3) is 5.91 Å². The molecule has 7 heteroatoms. The number of rotatable bonds is 7. The molecule has 0 bridgehead atoms. The Morgan fingerprint density at radius 3 is 2.70 bits per heavy atom. The number of para-hydroxylation sites is 1. The zero-order valence-corrected chi connectivity index (χ0v) is 13.6. The number of nitrogens with one attached hydrogen (secondary N) is 2. The first-order chi connectivity index (χ1) is 11.0. The summed E-state index contributed by atoms with van der Waals surface area (Å²) in [6.45, 7) is 5.20. The van der Waals surface area contributed by atoms with Crippen LogP contribution in [0.5, 0.6) is 0 Å². The molecule has 1 aromatic heterocycles. The molecule has 0 unspecified atom stereocenters. The van der Waals surface area contributed by atoms with Crippen LogP contribution < -0.4 is 10.6 Å². The summed E-state index contributed by atoms with van der Waals surface area (Å²) < 4.78 is 15.4. The molecule has 0 aliphatic heterocycles. The zero-order chi connectivity index (χ0) is 16.8. The van der Waals surface area contributed by atoms with Crippen molar-refractivity contribution in [3.05, 3.63) is 41.7 Å². The van der Waals surface area contributed by atoms with Gasteiger partial charge in [0.2, 0.25) is 5.82 Å². The number of benzene rings is 1. The number of hydrogen-bond acceptors (Lipinski definition) is 4. The molecule has 2 rings (SSSR count). The van der Waals surface area contributed by atoms with Crippen molar-refractivity contribution in [2.75, 3.05) is 20.1 Å². The molecule has 124 valence electrons. The van der Waals surface area contributed by atoms with Crippen LogP contribution in [0.15, 0.2) is 24.3 Å². The first-order valence-corrected chi connectivity index (χ1v) is 7.69. The van der Waals surface area contributed by atoms with E-state index in [2.05, 4.69) is 20.7 Å². The molecule has 6 nitrogen and oxygen atoms in total. The highest BCUT2D eigenvalue weighted by Crippen LogP contribution is 2.19. The van der Waals surface area contributed by atoms with Crippen molar-refractivity contribution >= 4 is 5.91 Å². The lowest BCUT2D eigenvalue weighted by Gasteiger charge is -2.08. The van der Waals surface area contributed by atoms with E-state index in [1.807, 2.05) is 20.9 Å². The molecule has 1 heterocycles. The van der Waals surface area contributed by atoms with Gasteiger partial charge in [0.05, 0.1) is 0 Å². The van der Waals surface area contributed by atoms with Gasteiger partial charge >= 0.3 is 0 Å². The quantitative estimate of drug-likeness (QED) is 0.764.